The van der Waals surface area contributed by atoms with Crippen LogP contribution in [-0.4, -0.2) is 19.3 Å². The summed E-state index contributed by atoms with van der Waals surface area (Å²) in [6, 6.07) is 0. The number of ether oxygens (including phenoxy) is 1. The number of hydrogen-bond acceptors (Lipinski definition) is 2. The topological polar surface area (TPSA) is 35.2 Å². The van der Waals surface area contributed by atoms with Gasteiger partial charge in [-0.15, -0.1) is 0 Å². The van der Waals surface area contributed by atoms with Crippen LogP contribution >= 0.6 is 0 Å². The molecule has 2 N–H and O–H groups in total. The van der Waals surface area contributed by atoms with Crippen LogP contribution in [0.15, 0.2) is 0 Å². The number of hydrogen-bond donors (Lipinski definition) is 1. The number of rotatable bonds is 4. The predicted molar refractivity (Wildman–Crippen MR) is 71.9 cm³/mol. The fourth-order valence-electron chi connectivity index (χ4n) is 3.71. The molecule has 0 aromatic rings. The molecule has 2 rings (SSSR count). The molecule has 1 heterocycles. The fraction of sp³-hybridized carbons (Fsp3) is 1.00. The van der Waals surface area contributed by atoms with Crippen molar-refractivity contribution in [3.63, 3.8) is 0 Å². The Morgan fingerprint density at radius 3 is 2.65 bits per heavy atom. The van der Waals surface area contributed by atoms with Crippen LogP contribution in [0, 0.1) is 17.3 Å². The van der Waals surface area contributed by atoms with E-state index in [1.165, 1.54) is 44.9 Å². The molecule has 2 heteroatoms. The second-order valence-corrected chi connectivity index (χ2v) is 6.88. The molecule has 0 bridgehead atoms. The molecule has 0 spiro atoms. The Labute approximate surface area is 106 Å². The predicted octanol–water partition coefficient (Wildman–Crippen LogP) is 3.35. The third-order valence-electron chi connectivity index (χ3n) is 4.86. The summed E-state index contributed by atoms with van der Waals surface area (Å²) in [7, 11) is 0. The van der Waals surface area contributed by atoms with Crippen LogP contribution in [0.3, 0.4) is 0 Å². The van der Waals surface area contributed by atoms with Gasteiger partial charge in [-0.25, -0.2) is 0 Å². The summed E-state index contributed by atoms with van der Waals surface area (Å²) in [5, 5.41) is 0. The fourth-order valence-corrected chi connectivity index (χ4v) is 3.71. The van der Waals surface area contributed by atoms with Gasteiger partial charge in [0, 0.05) is 6.61 Å². The van der Waals surface area contributed by atoms with E-state index in [0.717, 1.165) is 25.0 Å². The van der Waals surface area contributed by atoms with Crippen LogP contribution in [0.4, 0.5) is 0 Å². The summed E-state index contributed by atoms with van der Waals surface area (Å²) in [6.45, 7) is 6.70. The highest BCUT2D eigenvalue weighted by Crippen LogP contribution is 2.43. The van der Waals surface area contributed by atoms with Gasteiger partial charge in [0.1, 0.15) is 0 Å². The normalized spacial score (nSPS) is 37.2. The number of nitrogens with two attached hydrogens (primary N) is 1. The molecule has 1 aliphatic carbocycles. The summed E-state index contributed by atoms with van der Waals surface area (Å²) in [5.74, 6) is 1.61. The van der Waals surface area contributed by atoms with Crippen molar-refractivity contribution in [3.8, 4) is 0 Å². The van der Waals surface area contributed by atoms with Crippen molar-refractivity contribution in [1.82, 2.24) is 0 Å². The lowest BCUT2D eigenvalue weighted by molar-refractivity contribution is 0.0723. The summed E-state index contributed by atoms with van der Waals surface area (Å²) in [5.41, 5.74) is 6.47. The molecule has 100 valence electrons. The van der Waals surface area contributed by atoms with Crippen LogP contribution in [-0.2, 0) is 4.74 Å². The minimum absolute atomic E-state index is 0.535. The van der Waals surface area contributed by atoms with Gasteiger partial charge in [-0.2, -0.15) is 0 Å². The van der Waals surface area contributed by atoms with Crippen molar-refractivity contribution in [2.75, 3.05) is 13.2 Å². The quantitative estimate of drug-likeness (QED) is 0.816. The molecule has 2 fully saturated rings. The van der Waals surface area contributed by atoms with E-state index in [-0.39, 0.29) is 0 Å². The third-order valence-corrected chi connectivity index (χ3v) is 4.86. The molecule has 2 nitrogen and oxygen atoms in total. The monoisotopic (exact) mass is 239 g/mol. The van der Waals surface area contributed by atoms with Crippen molar-refractivity contribution >= 4 is 0 Å². The van der Waals surface area contributed by atoms with Crippen LogP contribution < -0.4 is 5.73 Å². The molecule has 1 aliphatic heterocycles. The molecule has 1 saturated carbocycles. The van der Waals surface area contributed by atoms with Crippen molar-refractivity contribution < 1.29 is 4.74 Å². The van der Waals surface area contributed by atoms with Crippen molar-refractivity contribution in [3.05, 3.63) is 0 Å². The molecule has 17 heavy (non-hydrogen) atoms. The van der Waals surface area contributed by atoms with E-state index < -0.39 is 0 Å². The van der Waals surface area contributed by atoms with Gasteiger partial charge in [-0.3, -0.25) is 0 Å². The zero-order chi connectivity index (χ0) is 12.3. The molecule has 0 aromatic carbocycles. The minimum Gasteiger partial charge on any atom is -0.378 e. The Balaban J connectivity index is 1.82. The Morgan fingerprint density at radius 2 is 2.00 bits per heavy atom. The first-order valence-electron chi connectivity index (χ1n) is 7.42. The summed E-state index contributed by atoms with van der Waals surface area (Å²) >= 11 is 0. The van der Waals surface area contributed by atoms with Gasteiger partial charge < -0.3 is 10.5 Å². The van der Waals surface area contributed by atoms with E-state index >= 15 is 0 Å². The molecule has 0 radical (unpaired) electrons. The smallest absolute Gasteiger partial charge is 0.0576 e. The van der Waals surface area contributed by atoms with Gasteiger partial charge in [0.05, 0.1) is 6.10 Å². The third kappa shape index (κ3) is 3.69. The summed E-state index contributed by atoms with van der Waals surface area (Å²) < 4.78 is 5.73. The average Bonchev–Trinajstić information content (AvgIpc) is 2.78. The van der Waals surface area contributed by atoms with Crippen LogP contribution in [0.25, 0.3) is 0 Å². The lowest BCUT2D eigenvalue weighted by Gasteiger charge is -2.41. The van der Waals surface area contributed by atoms with Gasteiger partial charge in [-0.05, 0) is 68.7 Å². The van der Waals surface area contributed by atoms with E-state index in [4.69, 9.17) is 10.5 Å². The zero-order valence-electron chi connectivity index (χ0n) is 11.6. The maximum atomic E-state index is 5.93. The Bertz CT molecular complexity index is 233. The maximum absolute atomic E-state index is 5.93. The first-order valence-corrected chi connectivity index (χ1v) is 7.42. The molecule has 2 aliphatic rings. The van der Waals surface area contributed by atoms with Gasteiger partial charge in [-0.1, -0.05) is 13.8 Å². The maximum Gasteiger partial charge on any atom is 0.0576 e. The van der Waals surface area contributed by atoms with E-state index in [2.05, 4.69) is 13.8 Å². The average molecular weight is 239 g/mol. The van der Waals surface area contributed by atoms with Crippen molar-refractivity contribution in [2.45, 2.75) is 64.9 Å². The lowest BCUT2D eigenvalue weighted by atomic mass is 9.66. The largest absolute Gasteiger partial charge is 0.378 e. The van der Waals surface area contributed by atoms with Gasteiger partial charge in [0.25, 0.3) is 0 Å². The SMILES string of the molecule is CC1(C)CCC(CN)C(CCC2CCCO2)C1. The van der Waals surface area contributed by atoms with Crippen molar-refractivity contribution in [1.29, 1.82) is 0 Å². The van der Waals surface area contributed by atoms with E-state index in [1.54, 1.807) is 0 Å². The van der Waals surface area contributed by atoms with E-state index in [1.807, 2.05) is 0 Å². The standard InChI is InChI=1S/C15H29NO/c1-15(2)8-7-13(11-16)12(10-15)5-6-14-4-3-9-17-14/h12-14H,3-11,16H2,1-2H3. The van der Waals surface area contributed by atoms with E-state index in [0.29, 0.717) is 11.5 Å². The molecular weight excluding hydrogens is 210 g/mol. The second-order valence-electron chi connectivity index (χ2n) is 6.88. The van der Waals surface area contributed by atoms with Crippen LogP contribution in [0.5, 0.6) is 0 Å². The molecule has 1 saturated heterocycles. The van der Waals surface area contributed by atoms with Crippen molar-refractivity contribution in [2.24, 2.45) is 23.0 Å². The summed E-state index contributed by atoms with van der Waals surface area (Å²) in [6.07, 6.45) is 9.74. The highest BCUT2D eigenvalue weighted by Gasteiger charge is 2.34. The molecule has 0 amide bonds. The Hall–Kier alpha value is -0.0800. The highest BCUT2D eigenvalue weighted by molar-refractivity contribution is 4.86. The first-order chi connectivity index (χ1) is 8.11. The highest BCUT2D eigenvalue weighted by atomic mass is 16.5. The van der Waals surface area contributed by atoms with Gasteiger partial charge in [0.15, 0.2) is 0 Å². The van der Waals surface area contributed by atoms with Gasteiger partial charge in [0.2, 0.25) is 0 Å². The second kappa shape index (κ2) is 5.71. The zero-order valence-corrected chi connectivity index (χ0v) is 11.6. The Kier molecular flexibility index (Phi) is 4.48. The molecular formula is C15H29NO. The van der Waals surface area contributed by atoms with E-state index in [9.17, 15) is 0 Å². The first kappa shape index (κ1) is 13.4. The summed E-state index contributed by atoms with van der Waals surface area (Å²) in [4.78, 5) is 0. The van der Waals surface area contributed by atoms with Gasteiger partial charge >= 0.3 is 0 Å². The Morgan fingerprint density at radius 1 is 1.18 bits per heavy atom. The van der Waals surface area contributed by atoms with Crippen LogP contribution in [0.1, 0.15) is 58.8 Å². The lowest BCUT2D eigenvalue weighted by Crippen LogP contribution is -2.34. The molecule has 0 aromatic heterocycles. The molecule has 3 atom stereocenters. The molecule has 3 unspecified atom stereocenters. The minimum atomic E-state index is 0.535. The van der Waals surface area contributed by atoms with Crippen LogP contribution in [0.2, 0.25) is 0 Å².